The van der Waals surface area contributed by atoms with E-state index in [-0.39, 0.29) is 12.4 Å². The van der Waals surface area contributed by atoms with Gasteiger partial charge < -0.3 is 14.4 Å². The predicted molar refractivity (Wildman–Crippen MR) is 118 cm³/mol. The molecule has 29 heavy (non-hydrogen) atoms. The number of piperazine rings is 1. The fourth-order valence-electron chi connectivity index (χ4n) is 3.55. The van der Waals surface area contributed by atoms with E-state index in [0.717, 1.165) is 54.5 Å². The molecule has 2 aromatic heterocycles. The average Bonchev–Trinajstić information content (AvgIpc) is 3.04. The number of likely N-dealkylation sites (N-methyl/N-ethyl adjacent to an activating group) is 1. The first-order valence-electron chi connectivity index (χ1n) is 9.38. The highest BCUT2D eigenvalue weighted by molar-refractivity contribution is 6.33. The summed E-state index contributed by atoms with van der Waals surface area (Å²) in [5.74, 6) is 2.29. The second kappa shape index (κ2) is 8.95. The number of aryl methyl sites for hydroxylation is 2. The molecule has 1 saturated heterocycles. The third kappa shape index (κ3) is 4.15. The number of halogens is 2. The van der Waals surface area contributed by atoms with Crippen molar-refractivity contribution in [1.82, 2.24) is 24.4 Å². The molecule has 7 nitrogen and oxygen atoms in total. The van der Waals surface area contributed by atoms with Gasteiger partial charge in [-0.1, -0.05) is 23.7 Å². The molecule has 0 amide bonds. The molecule has 9 heteroatoms. The average molecular weight is 432 g/mol. The zero-order valence-electron chi connectivity index (χ0n) is 16.5. The quantitative estimate of drug-likeness (QED) is 0.628. The molecule has 0 unspecified atom stereocenters. The van der Waals surface area contributed by atoms with Crippen LogP contribution in [0.2, 0.25) is 5.02 Å². The second-order valence-corrected chi connectivity index (χ2v) is 7.44. The van der Waals surface area contributed by atoms with Crippen LogP contribution in [0.3, 0.4) is 0 Å². The fraction of sp³-hybridized carbons (Fsp3) is 0.400. The molecule has 3 aromatic rings. The number of aromatic nitrogens is 4. The summed E-state index contributed by atoms with van der Waals surface area (Å²) in [4.78, 5) is 18.9. The molecule has 0 saturated carbocycles. The largest absolute Gasteiger partial charge is 0.352 e. The third-order valence-corrected chi connectivity index (χ3v) is 5.38. The van der Waals surface area contributed by atoms with E-state index in [4.69, 9.17) is 26.8 Å². The van der Waals surface area contributed by atoms with E-state index in [2.05, 4.69) is 27.9 Å². The maximum atomic E-state index is 9.14. The summed E-state index contributed by atoms with van der Waals surface area (Å²) >= 11 is 6.46. The van der Waals surface area contributed by atoms with Gasteiger partial charge in [-0.25, -0.2) is 15.0 Å². The minimum absolute atomic E-state index is 0. The molecular weight excluding hydrogens is 409 g/mol. The maximum absolute atomic E-state index is 9.14. The van der Waals surface area contributed by atoms with Gasteiger partial charge in [0.05, 0.1) is 17.5 Å². The number of hydrogen-bond donors (Lipinski definition) is 0. The van der Waals surface area contributed by atoms with Gasteiger partial charge in [0.1, 0.15) is 11.6 Å². The summed E-state index contributed by atoms with van der Waals surface area (Å²) in [6.07, 6.45) is 0.371. The predicted octanol–water partition coefficient (Wildman–Crippen LogP) is 3.54. The van der Waals surface area contributed by atoms with Crippen LogP contribution >= 0.6 is 24.0 Å². The van der Waals surface area contributed by atoms with Crippen molar-refractivity contribution in [2.24, 2.45) is 0 Å². The molecule has 1 aromatic carbocycles. The molecule has 0 bridgehead atoms. The zero-order chi connectivity index (χ0) is 19.7. The van der Waals surface area contributed by atoms with Gasteiger partial charge in [0.25, 0.3) is 0 Å². The first kappa shape index (κ1) is 21.3. The van der Waals surface area contributed by atoms with Crippen LogP contribution in [-0.4, -0.2) is 57.6 Å². The molecule has 0 aliphatic carbocycles. The van der Waals surface area contributed by atoms with Gasteiger partial charge in [-0.2, -0.15) is 5.26 Å². The van der Waals surface area contributed by atoms with Gasteiger partial charge in [-0.3, -0.25) is 0 Å². The SMILES string of the molecule is Cc1nc(N2CCN(C)CC2)c2nc(-c3ccccc3Cl)n(CCC#N)c2n1.Cl. The minimum Gasteiger partial charge on any atom is -0.352 e. The van der Waals surface area contributed by atoms with Gasteiger partial charge >= 0.3 is 0 Å². The van der Waals surface area contributed by atoms with Crippen LogP contribution in [0.25, 0.3) is 22.6 Å². The molecule has 1 aliphatic heterocycles. The molecule has 0 spiro atoms. The monoisotopic (exact) mass is 431 g/mol. The Morgan fingerprint density at radius 2 is 1.83 bits per heavy atom. The summed E-state index contributed by atoms with van der Waals surface area (Å²) in [6.45, 7) is 6.17. The second-order valence-electron chi connectivity index (χ2n) is 7.03. The van der Waals surface area contributed by atoms with Crippen LogP contribution < -0.4 is 4.90 Å². The fourth-order valence-corrected chi connectivity index (χ4v) is 3.77. The number of fused-ring (bicyclic) bond motifs is 1. The normalized spacial score (nSPS) is 14.6. The Labute approximate surface area is 181 Å². The van der Waals surface area contributed by atoms with Crippen LogP contribution in [0.15, 0.2) is 24.3 Å². The van der Waals surface area contributed by atoms with Crippen LogP contribution in [0.1, 0.15) is 12.2 Å². The molecule has 0 atom stereocenters. The van der Waals surface area contributed by atoms with Crippen molar-refractivity contribution >= 4 is 41.0 Å². The summed E-state index contributed by atoms with van der Waals surface area (Å²) in [5.41, 5.74) is 2.36. The molecule has 0 N–H and O–H groups in total. The van der Waals surface area contributed by atoms with E-state index in [0.29, 0.717) is 23.8 Å². The molecule has 0 radical (unpaired) electrons. The number of nitriles is 1. The third-order valence-electron chi connectivity index (χ3n) is 5.05. The van der Waals surface area contributed by atoms with Crippen LogP contribution in [0.5, 0.6) is 0 Å². The van der Waals surface area contributed by atoms with Crippen molar-refractivity contribution in [3.63, 3.8) is 0 Å². The molecule has 4 rings (SSSR count). The van der Waals surface area contributed by atoms with E-state index in [1.54, 1.807) is 0 Å². The van der Waals surface area contributed by atoms with Crippen molar-refractivity contribution in [1.29, 1.82) is 5.26 Å². The van der Waals surface area contributed by atoms with E-state index >= 15 is 0 Å². The van der Waals surface area contributed by atoms with Crippen molar-refractivity contribution in [3.8, 4) is 17.5 Å². The number of rotatable bonds is 4. The first-order valence-corrected chi connectivity index (χ1v) is 9.76. The summed E-state index contributed by atoms with van der Waals surface area (Å²) in [5, 5.41) is 9.76. The highest BCUT2D eigenvalue weighted by atomic mass is 35.5. The van der Waals surface area contributed by atoms with E-state index < -0.39 is 0 Å². The number of imidazole rings is 1. The Morgan fingerprint density at radius 3 is 2.52 bits per heavy atom. The number of anilines is 1. The highest BCUT2D eigenvalue weighted by Gasteiger charge is 2.24. The van der Waals surface area contributed by atoms with Gasteiger partial charge in [-0.15, -0.1) is 12.4 Å². The van der Waals surface area contributed by atoms with E-state index in [9.17, 15) is 0 Å². The van der Waals surface area contributed by atoms with Crippen LogP contribution in [0, 0.1) is 18.3 Å². The van der Waals surface area contributed by atoms with Crippen LogP contribution in [-0.2, 0) is 6.54 Å². The van der Waals surface area contributed by atoms with Gasteiger partial charge in [0, 0.05) is 38.3 Å². The Bertz CT molecular complexity index is 1050. The standard InChI is InChI=1S/C20H22ClN7.ClH/c1-14-23-19(27-12-10-26(2)11-13-27)17-20(24-14)28(9-5-8-22)18(25-17)15-6-3-4-7-16(15)21;/h3-4,6-7H,5,9-13H2,1-2H3;1H. The lowest BCUT2D eigenvalue weighted by atomic mass is 10.2. The molecule has 152 valence electrons. The number of benzene rings is 1. The van der Waals surface area contributed by atoms with Crippen molar-refractivity contribution < 1.29 is 0 Å². The summed E-state index contributed by atoms with van der Waals surface area (Å²) in [6, 6.07) is 9.85. The Hall–Kier alpha value is -2.40. The lowest BCUT2D eigenvalue weighted by Gasteiger charge is -2.33. The van der Waals surface area contributed by atoms with E-state index in [1.807, 2.05) is 35.8 Å². The Morgan fingerprint density at radius 1 is 1.10 bits per heavy atom. The van der Waals surface area contributed by atoms with E-state index in [1.165, 1.54) is 0 Å². The zero-order valence-corrected chi connectivity index (χ0v) is 18.0. The first-order chi connectivity index (χ1) is 13.6. The van der Waals surface area contributed by atoms with Crippen molar-refractivity contribution in [2.45, 2.75) is 19.9 Å². The number of nitrogens with zero attached hydrogens (tertiary/aromatic N) is 7. The molecule has 1 fully saturated rings. The maximum Gasteiger partial charge on any atom is 0.166 e. The molecular formula is C20H23Cl2N7. The lowest BCUT2D eigenvalue weighted by Crippen LogP contribution is -2.45. The Kier molecular flexibility index (Phi) is 6.58. The summed E-state index contributed by atoms with van der Waals surface area (Å²) in [7, 11) is 2.13. The molecule has 3 heterocycles. The van der Waals surface area contributed by atoms with Gasteiger partial charge in [0.15, 0.2) is 17.0 Å². The summed E-state index contributed by atoms with van der Waals surface area (Å²) < 4.78 is 1.99. The molecule has 1 aliphatic rings. The number of hydrogen-bond acceptors (Lipinski definition) is 6. The van der Waals surface area contributed by atoms with Crippen molar-refractivity contribution in [2.75, 3.05) is 38.1 Å². The topological polar surface area (TPSA) is 73.9 Å². The van der Waals surface area contributed by atoms with Crippen LogP contribution in [0.4, 0.5) is 5.82 Å². The minimum atomic E-state index is 0. The highest BCUT2D eigenvalue weighted by Crippen LogP contribution is 2.33. The van der Waals surface area contributed by atoms with Crippen molar-refractivity contribution in [3.05, 3.63) is 35.1 Å². The Balaban J connectivity index is 0.00000240. The smallest absolute Gasteiger partial charge is 0.166 e. The van der Waals surface area contributed by atoms with Gasteiger partial charge in [-0.05, 0) is 26.1 Å². The lowest BCUT2D eigenvalue weighted by molar-refractivity contribution is 0.312. The van der Waals surface area contributed by atoms with Gasteiger partial charge in [0.2, 0.25) is 0 Å².